The van der Waals surface area contributed by atoms with Crippen molar-refractivity contribution in [3.8, 4) is 0 Å². The van der Waals surface area contributed by atoms with E-state index >= 15 is 0 Å². The number of anilines is 1. The predicted molar refractivity (Wildman–Crippen MR) is 136 cm³/mol. The lowest BCUT2D eigenvalue weighted by atomic mass is 9.79. The summed E-state index contributed by atoms with van der Waals surface area (Å²) in [5.41, 5.74) is 7.29. The van der Waals surface area contributed by atoms with Crippen LogP contribution in [0, 0.1) is 0 Å². The van der Waals surface area contributed by atoms with Crippen molar-refractivity contribution in [2.45, 2.75) is 43.4 Å². The second kappa shape index (κ2) is 10.6. The molecule has 2 aliphatic rings. The van der Waals surface area contributed by atoms with Gasteiger partial charge in [-0.2, -0.15) is 4.31 Å². The Hall–Kier alpha value is -2.13. The number of nitrogens with one attached hydrogen (secondary N) is 1. The standard InChI is InChI=1S/C25H33ClN4O3S/c26-21-10-7-11-22(27)23(21)24(31)28-19-25(12-5-2-6-13-25)29-14-16-30(17-15-29)34(32,33)18-20-8-3-1-4-9-20/h1,3-4,7-11H,2,5-6,12-19,27H2,(H,28,31). The SMILES string of the molecule is Nc1cccc(Cl)c1C(=O)NCC1(N2CCN(S(=O)(=O)Cc3ccccc3)CC2)CCCCC1. The van der Waals surface area contributed by atoms with Crippen LogP contribution in [0.3, 0.4) is 0 Å². The molecule has 1 amide bonds. The Balaban J connectivity index is 1.42. The maximum Gasteiger partial charge on any atom is 0.254 e. The van der Waals surface area contributed by atoms with E-state index in [4.69, 9.17) is 17.3 Å². The molecule has 2 aromatic rings. The number of sulfonamides is 1. The van der Waals surface area contributed by atoms with E-state index in [1.807, 2.05) is 30.3 Å². The van der Waals surface area contributed by atoms with Crippen molar-refractivity contribution in [1.82, 2.24) is 14.5 Å². The minimum absolute atomic E-state index is 0.0221. The van der Waals surface area contributed by atoms with Gasteiger partial charge >= 0.3 is 0 Å². The Kier molecular flexibility index (Phi) is 7.82. The number of carbonyl (C=O) groups excluding carboxylic acids is 1. The molecule has 3 N–H and O–H groups in total. The fraction of sp³-hybridized carbons (Fsp3) is 0.480. The van der Waals surface area contributed by atoms with E-state index in [9.17, 15) is 13.2 Å². The van der Waals surface area contributed by atoms with Gasteiger partial charge in [0.15, 0.2) is 0 Å². The fourth-order valence-corrected chi connectivity index (χ4v) is 7.03. The largest absolute Gasteiger partial charge is 0.398 e. The summed E-state index contributed by atoms with van der Waals surface area (Å²) in [4.78, 5) is 15.3. The Morgan fingerprint density at radius 1 is 0.971 bits per heavy atom. The molecule has 0 spiro atoms. The number of nitrogens with zero attached hydrogens (tertiary/aromatic N) is 2. The fourth-order valence-electron chi connectivity index (χ4n) is 5.25. The lowest BCUT2D eigenvalue weighted by molar-refractivity contribution is 0.0240. The number of piperazine rings is 1. The van der Waals surface area contributed by atoms with Crippen molar-refractivity contribution in [2.24, 2.45) is 0 Å². The Morgan fingerprint density at radius 2 is 1.65 bits per heavy atom. The first-order chi connectivity index (χ1) is 16.3. The Bertz CT molecular complexity index is 1080. The van der Waals surface area contributed by atoms with E-state index in [0.717, 1.165) is 31.2 Å². The molecule has 0 aromatic heterocycles. The van der Waals surface area contributed by atoms with E-state index in [2.05, 4.69) is 10.2 Å². The highest BCUT2D eigenvalue weighted by atomic mass is 35.5. The number of hydrogen-bond acceptors (Lipinski definition) is 5. The first kappa shape index (κ1) is 25.0. The first-order valence-electron chi connectivity index (χ1n) is 11.9. The predicted octanol–water partition coefficient (Wildman–Crippen LogP) is 3.50. The minimum atomic E-state index is -3.37. The molecule has 0 radical (unpaired) electrons. The number of nitrogen functional groups attached to an aromatic ring is 1. The van der Waals surface area contributed by atoms with E-state index in [1.54, 1.807) is 22.5 Å². The monoisotopic (exact) mass is 504 g/mol. The number of nitrogens with two attached hydrogens (primary N) is 1. The average Bonchev–Trinajstić information content (AvgIpc) is 2.84. The topological polar surface area (TPSA) is 95.7 Å². The number of benzene rings is 2. The normalized spacial score (nSPS) is 19.6. The van der Waals surface area contributed by atoms with Crippen LogP contribution < -0.4 is 11.1 Å². The van der Waals surface area contributed by atoms with Gasteiger partial charge in [0.05, 0.1) is 16.3 Å². The van der Waals surface area contributed by atoms with E-state index < -0.39 is 10.0 Å². The van der Waals surface area contributed by atoms with Crippen molar-refractivity contribution >= 4 is 33.2 Å². The van der Waals surface area contributed by atoms with Crippen molar-refractivity contribution in [1.29, 1.82) is 0 Å². The van der Waals surface area contributed by atoms with Crippen molar-refractivity contribution < 1.29 is 13.2 Å². The highest BCUT2D eigenvalue weighted by Gasteiger charge is 2.41. The second-order valence-corrected chi connectivity index (χ2v) is 11.7. The molecule has 9 heteroatoms. The van der Waals surface area contributed by atoms with Crippen molar-refractivity contribution in [3.63, 3.8) is 0 Å². The summed E-state index contributed by atoms with van der Waals surface area (Å²) in [7, 11) is -3.37. The Morgan fingerprint density at radius 3 is 2.29 bits per heavy atom. The van der Waals surface area contributed by atoms with Crippen LogP contribution in [0.1, 0.15) is 48.0 Å². The third kappa shape index (κ3) is 5.57. The zero-order valence-corrected chi connectivity index (χ0v) is 21.0. The van der Waals surface area contributed by atoms with E-state index in [1.165, 1.54) is 6.42 Å². The maximum absolute atomic E-state index is 13.0. The quantitative estimate of drug-likeness (QED) is 0.562. The number of halogens is 1. The maximum atomic E-state index is 13.0. The summed E-state index contributed by atoms with van der Waals surface area (Å²) in [6, 6.07) is 14.4. The molecule has 0 bridgehead atoms. The summed E-state index contributed by atoms with van der Waals surface area (Å²) in [6.45, 7) is 2.72. The molecule has 184 valence electrons. The van der Waals surface area contributed by atoms with E-state index in [0.29, 0.717) is 49.0 Å². The lowest BCUT2D eigenvalue weighted by Crippen LogP contribution is -2.62. The van der Waals surface area contributed by atoms with Gasteiger partial charge in [-0.3, -0.25) is 9.69 Å². The summed E-state index contributed by atoms with van der Waals surface area (Å²) in [6.07, 6.45) is 5.32. The van der Waals surface area contributed by atoms with Crippen molar-refractivity contribution in [3.05, 3.63) is 64.7 Å². The van der Waals surface area contributed by atoms with Crippen LogP contribution in [0.2, 0.25) is 5.02 Å². The van der Waals surface area contributed by atoms with Crippen LogP contribution in [0.5, 0.6) is 0 Å². The molecule has 1 saturated heterocycles. The van der Waals surface area contributed by atoms with Gasteiger partial charge in [0, 0.05) is 44.0 Å². The van der Waals surface area contributed by atoms with Crippen LogP contribution in [-0.4, -0.2) is 61.8 Å². The van der Waals surface area contributed by atoms with Crippen molar-refractivity contribution in [2.75, 3.05) is 38.5 Å². The van der Waals surface area contributed by atoms with Gasteiger partial charge in [0.25, 0.3) is 5.91 Å². The molecule has 34 heavy (non-hydrogen) atoms. The van der Waals surface area contributed by atoms with E-state index in [-0.39, 0.29) is 17.2 Å². The van der Waals surface area contributed by atoms with Gasteiger partial charge in [-0.1, -0.05) is 67.3 Å². The van der Waals surface area contributed by atoms with Gasteiger partial charge in [-0.25, -0.2) is 8.42 Å². The molecule has 1 saturated carbocycles. The zero-order chi connectivity index (χ0) is 24.2. The van der Waals surface area contributed by atoms with Gasteiger partial charge in [-0.15, -0.1) is 0 Å². The molecule has 0 unspecified atom stereocenters. The minimum Gasteiger partial charge on any atom is -0.398 e. The number of amides is 1. The van der Waals surface area contributed by atoms with Crippen LogP contribution >= 0.6 is 11.6 Å². The van der Waals surface area contributed by atoms with Gasteiger partial charge in [-0.05, 0) is 30.5 Å². The van der Waals surface area contributed by atoms with Crippen LogP contribution in [0.4, 0.5) is 5.69 Å². The highest BCUT2D eigenvalue weighted by Crippen LogP contribution is 2.35. The number of hydrogen-bond donors (Lipinski definition) is 2. The summed E-state index contributed by atoms with van der Waals surface area (Å²) in [5.74, 6) is -0.244. The number of carbonyl (C=O) groups is 1. The third-order valence-electron chi connectivity index (χ3n) is 7.13. The molecular formula is C25H33ClN4O3S. The molecule has 4 rings (SSSR count). The molecule has 1 aliphatic heterocycles. The van der Waals surface area contributed by atoms with Gasteiger partial charge < -0.3 is 11.1 Å². The first-order valence-corrected chi connectivity index (χ1v) is 13.9. The molecule has 2 aromatic carbocycles. The third-order valence-corrected chi connectivity index (χ3v) is 9.29. The molecular weight excluding hydrogens is 472 g/mol. The molecule has 1 heterocycles. The smallest absolute Gasteiger partial charge is 0.254 e. The van der Waals surface area contributed by atoms with Gasteiger partial charge in [0.1, 0.15) is 0 Å². The molecule has 0 atom stereocenters. The molecule has 1 aliphatic carbocycles. The summed E-state index contributed by atoms with van der Waals surface area (Å²) < 4.78 is 27.6. The van der Waals surface area contributed by atoms with Crippen LogP contribution in [0.15, 0.2) is 48.5 Å². The molecule has 7 nitrogen and oxygen atoms in total. The van der Waals surface area contributed by atoms with Gasteiger partial charge in [0.2, 0.25) is 10.0 Å². The Labute approximate surface area is 207 Å². The zero-order valence-electron chi connectivity index (χ0n) is 19.4. The second-order valence-electron chi connectivity index (χ2n) is 9.30. The lowest BCUT2D eigenvalue weighted by Gasteiger charge is -2.49. The summed E-state index contributed by atoms with van der Waals surface area (Å²) in [5, 5.41) is 3.43. The highest BCUT2D eigenvalue weighted by molar-refractivity contribution is 7.88. The van der Waals surface area contributed by atoms with Crippen LogP contribution in [0.25, 0.3) is 0 Å². The number of rotatable bonds is 7. The molecule has 2 fully saturated rings. The summed E-state index contributed by atoms with van der Waals surface area (Å²) >= 11 is 6.23. The van der Waals surface area contributed by atoms with Crippen LogP contribution in [-0.2, 0) is 15.8 Å². The average molecular weight is 505 g/mol.